The van der Waals surface area contributed by atoms with Crippen LogP contribution in [0.2, 0.25) is 0 Å². The number of carbonyl (C=O) groups excluding carboxylic acids is 1. The van der Waals surface area contributed by atoms with E-state index >= 15 is 0 Å². The molecule has 0 radical (unpaired) electrons. The van der Waals surface area contributed by atoms with Gasteiger partial charge in [-0.1, -0.05) is 6.07 Å². The molecule has 162 valence electrons. The van der Waals surface area contributed by atoms with E-state index in [1.807, 2.05) is 25.1 Å². The number of hydrogen-bond donors (Lipinski definition) is 1. The average Bonchev–Trinajstić information content (AvgIpc) is 2.74. The van der Waals surface area contributed by atoms with Gasteiger partial charge in [-0.05, 0) is 50.2 Å². The molecule has 2 heterocycles. The van der Waals surface area contributed by atoms with Crippen molar-refractivity contribution in [2.75, 3.05) is 37.6 Å². The van der Waals surface area contributed by atoms with Crippen LogP contribution in [0, 0.1) is 5.82 Å². The zero-order valence-electron chi connectivity index (χ0n) is 17.2. The van der Waals surface area contributed by atoms with Gasteiger partial charge >= 0.3 is 0 Å². The molecule has 0 saturated carbocycles. The van der Waals surface area contributed by atoms with Crippen LogP contribution in [-0.4, -0.2) is 68.2 Å². The molecule has 0 aliphatic carbocycles. The van der Waals surface area contributed by atoms with Crippen molar-refractivity contribution < 1.29 is 17.6 Å². The lowest BCUT2D eigenvalue weighted by Crippen LogP contribution is -2.52. The first-order chi connectivity index (χ1) is 14.3. The molecule has 3 rings (SSSR count). The van der Waals surface area contributed by atoms with Crippen LogP contribution in [0.5, 0.6) is 0 Å². The number of sulfone groups is 1. The Morgan fingerprint density at radius 3 is 2.37 bits per heavy atom. The number of benzene rings is 1. The number of amides is 1. The standard InChI is InChI=1S/C21H27FN4O3S/c1-16(15-25-11-13-26(14-12-25)20-5-3-4-10-23-20)24-21(27)17(2)30(28,29)19-8-6-18(22)7-9-19/h3-10,16-17H,11-15H2,1-2H3,(H,24,27). The highest BCUT2D eigenvalue weighted by Crippen LogP contribution is 2.17. The summed E-state index contributed by atoms with van der Waals surface area (Å²) >= 11 is 0. The van der Waals surface area contributed by atoms with Crippen molar-refractivity contribution in [2.24, 2.45) is 0 Å². The zero-order valence-corrected chi connectivity index (χ0v) is 18.0. The van der Waals surface area contributed by atoms with Crippen molar-refractivity contribution in [3.63, 3.8) is 0 Å². The fraction of sp³-hybridized carbons (Fsp3) is 0.429. The Kier molecular flexibility index (Phi) is 7.04. The van der Waals surface area contributed by atoms with E-state index < -0.39 is 26.8 Å². The highest BCUT2D eigenvalue weighted by molar-refractivity contribution is 7.92. The third-order valence-electron chi connectivity index (χ3n) is 5.24. The van der Waals surface area contributed by atoms with Crippen LogP contribution in [-0.2, 0) is 14.6 Å². The summed E-state index contributed by atoms with van der Waals surface area (Å²) in [4.78, 5) is 21.3. The molecule has 30 heavy (non-hydrogen) atoms. The Morgan fingerprint density at radius 1 is 1.10 bits per heavy atom. The summed E-state index contributed by atoms with van der Waals surface area (Å²) in [7, 11) is -3.88. The van der Waals surface area contributed by atoms with Crippen molar-refractivity contribution in [2.45, 2.75) is 30.0 Å². The maximum absolute atomic E-state index is 13.1. The van der Waals surface area contributed by atoms with Gasteiger partial charge in [-0.15, -0.1) is 0 Å². The molecule has 1 aliphatic heterocycles. The number of halogens is 1. The van der Waals surface area contributed by atoms with Crippen LogP contribution in [0.15, 0.2) is 53.6 Å². The minimum absolute atomic E-state index is 0.0650. The summed E-state index contributed by atoms with van der Waals surface area (Å²) < 4.78 is 38.3. The molecule has 2 atom stereocenters. The number of rotatable bonds is 7. The van der Waals surface area contributed by atoms with Gasteiger partial charge in [0.1, 0.15) is 16.9 Å². The summed E-state index contributed by atoms with van der Waals surface area (Å²) in [5.41, 5.74) is 0. The van der Waals surface area contributed by atoms with E-state index in [9.17, 15) is 17.6 Å². The molecule has 0 spiro atoms. The molecule has 1 amide bonds. The highest BCUT2D eigenvalue weighted by atomic mass is 32.2. The van der Waals surface area contributed by atoms with E-state index in [4.69, 9.17) is 0 Å². The summed E-state index contributed by atoms with van der Waals surface area (Å²) in [5.74, 6) is -0.125. The smallest absolute Gasteiger partial charge is 0.238 e. The predicted molar refractivity (Wildman–Crippen MR) is 114 cm³/mol. The van der Waals surface area contributed by atoms with Crippen LogP contribution in [0.25, 0.3) is 0 Å². The van der Waals surface area contributed by atoms with Gasteiger partial charge in [0, 0.05) is 45.0 Å². The molecule has 1 aliphatic rings. The minimum Gasteiger partial charge on any atom is -0.354 e. The van der Waals surface area contributed by atoms with E-state index in [-0.39, 0.29) is 10.9 Å². The minimum atomic E-state index is -3.88. The SMILES string of the molecule is CC(CN1CCN(c2ccccn2)CC1)NC(=O)C(C)S(=O)(=O)c1ccc(F)cc1. The number of aromatic nitrogens is 1. The summed E-state index contributed by atoms with van der Waals surface area (Å²) in [6.45, 7) is 7.19. The van der Waals surface area contributed by atoms with E-state index in [0.29, 0.717) is 6.54 Å². The number of piperazine rings is 1. The van der Waals surface area contributed by atoms with Crippen LogP contribution in [0.4, 0.5) is 10.2 Å². The molecule has 9 heteroatoms. The van der Waals surface area contributed by atoms with Gasteiger partial charge in [-0.25, -0.2) is 17.8 Å². The van der Waals surface area contributed by atoms with Gasteiger partial charge < -0.3 is 10.2 Å². The third kappa shape index (κ3) is 5.34. The summed E-state index contributed by atoms with van der Waals surface area (Å²) in [6, 6.07) is 10.1. The monoisotopic (exact) mass is 434 g/mol. The van der Waals surface area contributed by atoms with Crippen molar-refractivity contribution in [1.82, 2.24) is 15.2 Å². The predicted octanol–water partition coefficient (Wildman–Crippen LogP) is 1.71. The maximum atomic E-state index is 13.1. The van der Waals surface area contributed by atoms with Gasteiger partial charge in [-0.2, -0.15) is 0 Å². The summed E-state index contributed by atoms with van der Waals surface area (Å²) in [5, 5.41) is 1.54. The molecule has 2 unspecified atom stereocenters. The topological polar surface area (TPSA) is 82.6 Å². The van der Waals surface area contributed by atoms with Crippen molar-refractivity contribution in [1.29, 1.82) is 0 Å². The lowest BCUT2D eigenvalue weighted by atomic mass is 10.2. The number of pyridine rings is 1. The van der Waals surface area contributed by atoms with Gasteiger partial charge in [0.25, 0.3) is 0 Å². The quantitative estimate of drug-likeness (QED) is 0.668. The van der Waals surface area contributed by atoms with Gasteiger partial charge in [0.05, 0.1) is 4.90 Å². The lowest BCUT2D eigenvalue weighted by Gasteiger charge is -2.36. The normalized spacial score (nSPS) is 17.4. The number of anilines is 1. The fourth-order valence-corrected chi connectivity index (χ4v) is 4.74. The van der Waals surface area contributed by atoms with Crippen LogP contribution >= 0.6 is 0 Å². The van der Waals surface area contributed by atoms with Gasteiger partial charge in [0.15, 0.2) is 9.84 Å². The molecule has 1 aromatic carbocycles. The lowest BCUT2D eigenvalue weighted by molar-refractivity contribution is -0.121. The van der Waals surface area contributed by atoms with E-state index in [1.54, 1.807) is 6.20 Å². The van der Waals surface area contributed by atoms with Gasteiger partial charge in [0.2, 0.25) is 5.91 Å². The van der Waals surface area contributed by atoms with Crippen LogP contribution in [0.1, 0.15) is 13.8 Å². The Balaban J connectivity index is 1.50. The van der Waals surface area contributed by atoms with Crippen LogP contribution < -0.4 is 10.2 Å². The maximum Gasteiger partial charge on any atom is 0.238 e. The first kappa shape index (κ1) is 22.2. The molecule has 1 N–H and O–H groups in total. The fourth-order valence-electron chi connectivity index (χ4n) is 3.46. The van der Waals surface area contributed by atoms with E-state index in [2.05, 4.69) is 20.1 Å². The average molecular weight is 435 g/mol. The second-order valence-electron chi connectivity index (χ2n) is 7.53. The van der Waals surface area contributed by atoms with Gasteiger partial charge in [-0.3, -0.25) is 9.69 Å². The van der Waals surface area contributed by atoms with Crippen molar-refractivity contribution in [3.8, 4) is 0 Å². The van der Waals surface area contributed by atoms with E-state index in [1.165, 1.54) is 19.1 Å². The van der Waals surface area contributed by atoms with Crippen LogP contribution in [0.3, 0.4) is 0 Å². The number of nitrogens with one attached hydrogen (secondary N) is 1. The third-order valence-corrected chi connectivity index (χ3v) is 7.32. The molecule has 0 bridgehead atoms. The van der Waals surface area contributed by atoms with Crippen molar-refractivity contribution >= 4 is 21.6 Å². The Hall–Kier alpha value is -2.52. The highest BCUT2D eigenvalue weighted by Gasteiger charge is 2.31. The second-order valence-corrected chi connectivity index (χ2v) is 9.79. The molecule has 7 nitrogen and oxygen atoms in total. The molecule has 1 saturated heterocycles. The van der Waals surface area contributed by atoms with E-state index in [0.717, 1.165) is 44.1 Å². The summed E-state index contributed by atoms with van der Waals surface area (Å²) in [6.07, 6.45) is 1.78. The Morgan fingerprint density at radius 2 is 1.77 bits per heavy atom. The number of hydrogen-bond acceptors (Lipinski definition) is 6. The van der Waals surface area contributed by atoms with Crippen molar-refractivity contribution in [3.05, 3.63) is 54.5 Å². The number of carbonyl (C=O) groups is 1. The molecule has 1 aromatic heterocycles. The Labute approximate surface area is 176 Å². The molecular weight excluding hydrogens is 407 g/mol. The Bertz CT molecular complexity index is 946. The molecular formula is C21H27FN4O3S. The largest absolute Gasteiger partial charge is 0.354 e. The first-order valence-corrected chi connectivity index (χ1v) is 11.5. The molecule has 1 fully saturated rings. The number of nitrogens with zero attached hydrogens (tertiary/aromatic N) is 3. The zero-order chi connectivity index (χ0) is 21.7. The first-order valence-electron chi connectivity index (χ1n) is 9.95. The second kappa shape index (κ2) is 9.53. The molecule has 2 aromatic rings.